The normalized spacial score (nSPS) is 11.1. The molecular weight excluding hydrogens is 260 g/mol. The van der Waals surface area contributed by atoms with Crippen LogP contribution in [-0.2, 0) is 6.42 Å². The Labute approximate surface area is 115 Å². The first-order valence-electron chi connectivity index (χ1n) is 5.97. The minimum Gasteiger partial charge on any atom is -0.396 e. The number of halogens is 1. The van der Waals surface area contributed by atoms with E-state index in [4.69, 9.17) is 17.3 Å². The maximum atomic E-state index is 5.94. The molecule has 0 amide bonds. The lowest BCUT2D eigenvalue weighted by Crippen LogP contribution is -1.99. The number of nitrogens with two attached hydrogens (primary N) is 1. The molecule has 2 heterocycles. The number of benzene rings is 1. The Hall–Kier alpha value is -2.07. The van der Waals surface area contributed by atoms with Crippen molar-refractivity contribution in [1.29, 1.82) is 0 Å². The number of aromatic nitrogens is 3. The summed E-state index contributed by atoms with van der Waals surface area (Å²) in [4.78, 5) is 0. The van der Waals surface area contributed by atoms with Crippen LogP contribution in [-0.4, -0.2) is 14.6 Å². The smallest absolute Gasteiger partial charge is 0.184 e. The fourth-order valence-electron chi connectivity index (χ4n) is 2.11. The second kappa shape index (κ2) is 4.55. The Bertz CT molecular complexity index is 731. The molecule has 0 saturated carbocycles. The fraction of sp³-hybridized carbons (Fsp3) is 0.143. The molecule has 0 fully saturated rings. The van der Waals surface area contributed by atoms with E-state index in [9.17, 15) is 0 Å². The molecule has 0 unspecified atom stereocenters. The van der Waals surface area contributed by atoms with Crippen molar-refractivity contribution in [1.82, 2.24) is 14.6 Å². The molecule has 2 aromatic heterocycles. The van der Waals surface area contributed by atoms with Crippen molar-refractivity contribution in [2.75, 3.05) is 5.73 Å². The van der Waals surface area contributed by atoms with Crippen LogP contribution in [0.25, 0.3) is 5.65 Å². The molecule has 0 spiro atoms. The maximum absolute atomic E-state index is 5.94. The molecule has 0 aliphatic heterocycles. The van der Waals surface area contributed by atoms with Gasteiger partial charge in [-0.2, -0.15) is 0 Å². The lowest BCUT2D eigenvalue weighted by molar-refractivity contribution is 0.931. The third kappa shape index (κ3) is 2.27. The van der Waals surface area contributed by atoms with Crippen molar-refractivity contribution in [3.05, 3.63) is 58.5 Å². The van der Waals surface area contributed by atoms with Crippen LogP contribution in [0, 0.1) is 6.92 Å². The van der Waals surface area contributed by atoms with Crippen molar-refractivity contribution in [3.8, 4) is 0 Å². The third-order valence-corrected chi connectivity index (χ3v) is 3.27. The van der Waals surface area contributed by atoms with Gasteiger partial charge >= 0.3 is 0 Å². The Kier molecular flexibility index (Phi) is 2.87. The Morgan fingerprint density at radius 1 is 1.21 bits per heavy atom. The first-order chi connectivity index (χ1) is 9.13. The van der Waals surface area contributed by atoms with Gasteiger partial charge in [-0.25, -0.2) is 0 Å². The standard InChI is InChI=1S/C14H13ClN4/c1-9-6-12(16)14-18-17-13(19(14)8-9)7-10-2-4-11(15)5-3-10/h2-6,8H,7,16H2,1H3. The minimum atomic E-state index is 0.648. The zero-order valence-corrected chi connectivity index (χ0v) is 11.2. The van der Waals surface area contributed by atoms with Gasteiger partial charge in [0.05, 0.1) is 5.69 Å². The van der Waals surface area contributed by atoms with Gasteiger partial charge in [-0.1, -0.05) is 23.7 Å². The molecule has 0 radical (unpaired) electrons. The first-order valence-corrected chi connectivity index (χ1v) is 6.35. The Morgan fingerprint density at radius 2 is 1.95 bits per heavy atom. The van der Waals surface area contributed by atoms with Crippen molar-refractivity contribution in [2.24, 2.45) is 0 Å². The zero-order valence-electron chi connectivity index (χ0n) is 10.5. The second-order valence-corrected chi connectivity index (χ2v) is 5.02. The van der Waals surface area contributed by atoms with E-state index in [1.54, 1.807) is 0 Å². The van der Waals surface area contributed by atoms with E-state index in [0.717, 1.165) is 22.0 Å². The van der Waals surface area contributed by atoms with Crippen LogP contribution in [0.3, 0.4) is 0 Å². The average molecular weight is 273 g/mol. The van der Waals surface area contributed by atoms with Gasteiger partial charge in [-0.15, -0.1) is 10.2 Å². The molecule has 3 aromatic rings. The summed E-state index contributed by atoms with van der Waals surface area (Å²) in [6.45, 7) is 2.00. The number of pyridine rings is 1. The highest BCUT2D eigenvalue weighted by Crippen LogP contribution is 2.17. The van der Waals surface area contributed by atoms with Gasteiger partial charge in [-0.05, 0) is 36.2 Å². The van der Waals surface area contributed by atoms with E-state index in [1.807, 2.05) is 47.9 Å². The topological polar surface area (TPSA) is 56.2 Å². The van der Waals surface area contributed by atoms with Crippen molar-refractivity contribution < 1.29 is 0 Å². The molecule has 0 bridgehead atoms. The molecule has 0 saturated heterocycles. The molecule has 4 nitrogen and oxygen atoms in total. The van der Waals surface area contributed by atoms with Crippen LogP contribution in [0.1, 0.15) is 17.0 Å². The van der Waals surface area contributed by atoms with Crippen LogP contribution in [0.5, 0.6) is 0 Å². The largest absolute Gasteiger partial charge is 0.396 e. The molecule has 5 heteroatoms. The highest BCUT2D eigenvalue weighted by Gasteiger charge is 2.09. The molecule has 0 aliphatic rings. The predicted molar refractivity (Wildman–Crippen MR) is 76.4 cm³/mol. The summed E-state index contributed by atoms with van der Waals surface area (Å²) in [6.07, 6.45) is 2.69. The third-order valence-electron chi connectivity index (χ3n) is 3.02. The van der Waals surface area contributed by atoms with E-state index in [-0.39, 0.29) is 0 Å². The summed E-state index contributed by atoms with van der Waals surface area (Å²) in [5.41, 5.74) is 9.52. The molecular formula is C14H13ClN4. The average Bonchev–Trinajstić information content (AvgIpc) is 2.76. The van der Waals surface area contributed by atoms with Crippen LogP contribution in [0.4, 0.5) is 5.69 Å². The summed E-state index contributed by atoms with van der Waals surface area (Å²) in [5, 5.41) is 9.08. The van der Waals surface area contributed by atoms with Crippen molar-refractivity contribution >= 4 is 22.9 Å². The summed E-state index contributed by atoms with van der Waals surface area (Å²) < 4.78 is 1.94. The lowest BCUT2D eigenvalue weighted by atomic mass is 10.1. The van der Waals surface area contributed by atoms with E-state index in [2.05, 4.69) is 10.2 Å². The zero-order chi connectivity index (χ0) is 13.4. The van der Waals surface area contributed by atoms with Gasteiger partial charge in [0.2, 0.25) is 0 Å². The number of anilines is 1. The van der Waals surface area contributed by atoms with E-state index in [1.165, 1.54) is 0 Å². The van der Waals surface area contributed by atoms with Gasteiger partial charge < -0.3 is 5.73 Å². The molecule has 19 heavy (non-hydrogen) atoms. The number of aryl methyl sites for hydroxylation is 1. The number of rotatable bonds is 2. The lowest BCUT2D eigenvalue weighted by Gasteiger charge is -2.03. The molecule has 96 valence electrons. The molecule has 0 aliphatic carbocycles. The maximum Gasteiger partial charge on any atom is 0.184 e. The SMILES string of the molecule is Cc1cc(N)c2nnc(Cc3ccc(Cl)cc3)n2c1. The van der Waals surface area contributed by atoms with Crippen LogP contribution in [0.15, 0.2) is 36.5 Å². The highest BCUT2D eigenvalue weighted by atomic mass is 35.5. The molecule has 2 N–H and O–H groups in total. The van der Waals surface area contributed by atoms with E-state index < -0.39 is 0 Å². The summed E-state index contributed by atoms with van der Waals surface area (Å²) >= 11 is 5.88. The van der Waals surface area contributed by atoms with Crippen molar-refractivity contribution in [2.45, 2.75) is 13.3 Å². The fourth-order valence-corrected chi connectivity index (χ4v) is 2.24. The highest BCUT2D eigenvalue weighted by molar-refractivity contribution is 6.30. The van der Waals surface area contributed by atoms with Crippen molar-refractivity contribution in [3.63, 3.8) is 0 Å². The Morgan fingerprint density at radius 3 is 2.68 bits per heavy atom. The quantitative estimate of drug-likeness (QED) is 0.780. The number of fused-ring (bicyclic) bond motifs is 1. The van der Waals surface area contributed by atoms with Crippen LogP contribution >= 0.6 is 11.6 Å². The van der Waals surface area contributed by atoms with Crippen LogP contribution < -0.4 is 5.73 Å². The number of nitrogen functional groups attached to an aromatic ring is 1. The van der Waals surface area contributed by atoms with Gasteiger partial charge in [-0.3, -0.25) is 4.40 Å². The van der Waals surface area contributed by atoms with Gasteiger partial charge in [0.25, 0.3) is 0 Å². The van der Waals surface area contributed by atoms with Crippen LogP contribution in [0.2, 0.25) is 5.02 Å². The monoisotopic (exact) mass is 272 g/mol. The van der Waals surface area contributed by atoms with Gasteiger partial charge in [0, 0.05) is 17.6 Å². The molecule has 3 rings (SSSR count). The molecule has 1 aromatic carbocycles. The number of nitrogens with zero attached hydrogens (tertiary/aromatic N) is 3. The number of hydrogen-bond acceptors (Lipinski definition) is 3. The predicted octanol–water partition coefficient (Wildman–Crippen LogP) is 2.86. The molecule has 0 atom stereocenters. The summed E-state index contributed by atoms with van der Waals surface area (Å²) in [6, 6.07) is 9.63. The van der Waals surface area contributed by atoms with E-state index in [0.29, 0.717) is 17.8 Å². The number of hydrogen-bond donors (Lipinski definition) is 1. The second-order valence-electron chi connectivity index (χ2n) is 4.59. The van der Waals surface area contributed by atoms with E-state index >= 15 is 0 Å². The van der Waals surface area contributed by atoms with Gasteiger partial charge in [0.15, 0.2) is 5.65 Å². The minimum absolute atomic E-state index is 0.648. The van der Waals surface area contributed by atoms with Gasteiger partial charge in [0.1, 0.15) is 5.82 Å². The summed E-state index contributed by atoms with van der Waals surface area (Å²) in [7, 11) is 0. The Balaban J connectivity index is 2.03. The summed E-state index contributed by atoms with van der Waals surface area (Å²) in [5.74, 6) is 0.868. The first kappa shape index (κ1) is 12.0.